The van der Waals surface area contributed by atoms with Crippen molar-refractivity contribution in [3.8, 4) is 0 Å². The van der Waals surface area contributed by atoms with Crippen molar-refractivity contribution in [2.45, 2.75) is 78.7 Å². The molecule has 128 valence electrons. The Balaban J connectivity index is 3.41. The van der Waals surface area contributed by atoms with E-state index in [1.807, 2.05) is 0 Å². The number of rotatable bonds is 14. The zero-order valence-corrected chi connectivity index (χ0v) is 14.7. The molecule has 3 unspecified atom stereocenters. The van der Waals surface area contributed by atoms with Gasteiger partial charge in [-0.1, -0.05) is 66.2 Å². The van der Waals surface area contributed by atoms with E-state index in [0.29, 0.717) is 12.5 Å². The van der Waals surface area contributed by atoms with Crippen LogP contribution in [-0.2, 0) is 4.74 Å². The molecule has 0 heterocycles. The van der Waals surface area contributed by atoms with Crippen LogP contribution in [0.5, 0.6) is 0 Å². The van der Waals surface area contributed by atoms with Crippen LogP contribution in [-0.4, -0.2) is 36.1 Å². The highest BCUT2D eigenvalue weighted by molar-refractivity contribution is 4.59. The first-order chi connectivity index (χ1) is 9.95. The fraction of sp³-hybridized carbons (Fsp3) is 1.00. The molecular formula is C18H38O3. The lowest BCUT2D eigenvalue weighted by Crippen LogP contribution is -2.20. The first-order valence-corrected chi connectivity index (χ1v) is 8.82. The zero-order valence-electron chi connectivity index (χ0n) is 14.7. The van der Waals surface area contributed by atoms with E-state index in [1.54, 1.807) is 0 Å². The van der Waals surface area contributed by atoms with E-state index in [0.717, 1.165) is 18.3 Å². The lowest BCUT2D eigenvalue weighted by atomic mass is 9.93. The minimum Gasteiger partial charge on any atom is -0.394 e. The van der Waals surface area contributed by atoms with E-state index >= 15 is 0 Å². The first-order valence-electron chi connectivity index (χ1n) is 8.82. The topological polar surface area (TPSA) is 49.7 Å². The molecule has 0 radical (unpaired) electrons. The molecule has 3 heteroatoms. The van der Waals surface area contributed by atoms with Gasteiger partial charge in [-0.2, -0.15) is 0 Å². The van der Waals surface area contributed by atoms with Crippen LogP contribution in [0.25, 0.3) is 0 Å². The van der Waals surface area contributed by atoms with Crippen molar-refractivity contribution in [2.24, 2.45) is 17.8 Å². The molecule has 0 fully saturated rings. The Kier molecular flexibility index (Phi) is 13.5. The molecule has 21 heavy (non-hydrogen) atoms. The van der Waals surface area contributed by atoms with Crippen LogP contribution in [0.4, 0.5) is 0 Å². The van der Waals surface area contributed by atoms with Gasteiger partial charge in [-0.15, -0.1) is 0 Å². The van der Waals surface area contributed by atoms with Crippen LogP contribution >= 0.6 is 0 Å². The summed E-state index contributed by atoms with van der Waals surface area (Å²) >= 11 is 0. The fourth-order valence-electron chi connectivity index (χ4n) is 2.53. The molecule has 0 aromatic rings. The van der Waals surface area contributed by atoms with E-state index in [4.69, 9.17) is 14.9 Å². The minimum atomic E-state index is -0.730. The Bertz CT molecular complexity index is 219. The lowest BCUT2D eigenvalue weighted by molar-refractivity contribution is 0.00294. The molecule has 0 aromatic carbocycles. The molecule has 0 aliphatic rings. The average Bonchev–Trinajstić information content (AvgIpc) is 2.42. The Morgan fingerprint density at radius 3 is 1.86 bits per heavy atom. The van der Waals surface area contributed by atoms with E-state index in [1.165, 1.54) is 38.5 Å². The van der Waals surface area contributed by atoms with Gasteiger partial charge in [-0.3, -0.25) is 0 Å². The summed E-state index contributed by atoms with van der Waals surface area (Å²) in [5, 5.41) is 17.8. The molecule has 0 aromatic heterocycles. The maximum Gasteiger partial charge on any atom is 0.100 e. The number of aliphatic hydroxyl groups is 2. The van der Waals surface area contributed by atoms with E-state index in [9.17, 15) is 0 Å². The van der Waals surface area contributed by atoms with Crippen molar-refractivity contribution in [2.75, 3.05) is 19.8 Å². The molecule has 0 spiro atoms. The third-order valence-electron chi connectivity index (χ3n) is 4.15. The van der Waals surface area contributed by atoms with Crippen LogP contribution in [0.15, 0.2) is 0 Å². The average molecular weight is 302 g/mol. The quantitative estimate of drug-likeness (QED) is 0.477. The van der Waals surface area contributed by atoms with Crippen LogP contribution < -0.4 is 0 Å². The number of ether oxygens (including phenoxy) is 1. The van der Waals surface area contributed by atoms with Crippen LogP contribution in [0.1, 0.15) is 72.6 Å². The van der Waals surface area contributed by atoms with Gasteiger partial charge in [0.25, 0.3) is 0 Å². The molecule has 0 saturated carbocycles. The molecule has 0 saturated heterocycles. The number of hydrogen-bond donors (Lipinski definition) is 2. The lowest BCUT2D eigenvalue weighted by Gasteiger charge is -2.15. The summed E-state index contributed by atoms with van der Waals surface area (Å²) in [6.45, 7) is 9.96. The normalized spacial score (nSPS) is 16.1. The summed E-state index contributed by atoms with van der Waals surface area (Å²) in [6.07, 6.45) is 8.32. The second-order valence-electron chi connectivity index (χ2n) is 7.17. The van der Waals surface area contributed by atoms with Crippen molar-refractivity contribution in [1.82, 2.24) is 0 Å². The summed E-state index contributed by atoms with van der Waals surface area (Å²) in [6, 6.07) is 0. The standard InChI is InChI=1S/C18H38O3/c1-15(2)7-5-8-16(3)9-6-10-17(4)11-12-21-14-18(20)13-19/h15-20H,5-14H2,1-4H3. The molecule has 3 atom stereocenters. The smallest absolute Gasteiger partial charge is 0.100 e. The van der Waals surface area contributed by atoms with E-state index in [-0.39, 0.29) is 13.2 Å². The monoisotopic (exact) mass is 302 g/mol. The summed E-state index contributed by atoms with van der Waals surface area (Å²) in [7, 11) is 0. The maximum absolute atomic E-state index is 9.16. The van der Waals surface area contributed by atoms with E-state index in [2.05, 4.69) is 27.7 Å². The predicted molar refractivity (Wildman–Crippen MR) is 89.4 cm³/mol. The molecule has 0 aliphatic heterocycles. The number of aliphatic hydroxyl groups excluding tert-OH is 2. The molecule has 0 bridgehead atoms. The fourth-order valence-corrected chi connectivity index (χ4v) is 2.53. The van der Waals surface area contributed by atoms with Crippen molar-refractivity contribution in [1.29, 1.82) is 0 Å². The first kappa shape index (κ1) is 20.9. The Labute approximate surface area is 132 Å². The molecule has 0 rings (SSSR count). The predicted octanol–water partition coefficient (Wildman–Crippen LogP) is 4.02. The molecule has 0 amide bonds. The highest BCUT2D eigenvalue weighted by Gasteiger charge is 2.07. The van der Waals surface area contributed by atoms with Gasteiger partial charge in [0.05, 0.1) is 13.2 Å². The minimum absolute atomic E-state index is 0.218. The van der Waals surface area contributed by atoms with Gasteiger partial charge < -0.3 is 14.9 Å². The highest BCUT2D eigenvalue weighted by Crippen LogP contribution is 2.20. The zero-order chi connectivity index (χ0) is 16.1. The molecule has 3 nitrogen and oxygen atoms in total. The summed E-state index contributed by atoms with van der Waals surface area (Å²) < 4.78 is 5.35. The highest BCUT2D eigenvalue weighted by atomic mass is 16.5. The van der Waals surface area contributed by atoms with Crippen LogP contribution in [0.2, 0.25) is 0 Å². The van der Waals surface area contributed by atoms with Gasteiger partial charge in [-0.05, 0) is 24.2 Å². The van der Waals surface area contributed by atoms with Crippen LogP contribution in [0, 0.1) is 17.8 Å². The third-order valence-corrected chi connectivity index (χ3v) is 4.15. The van der Waals surface area contributed by atoms with Gasteiger partial charge in [0, 0.05) is 6.61 Å². The Hall–Kier alpha value is -0.120. The summed E-state index contributed by atoms with van der Waals surface area (Å²) in [5.74, 6) is 2.37. The third kappa shape index (κ3) is 14.6. The summed E-state index contributed by atoms with van der Waals surface area (Å²) in [4.78, 5) is 0. The van der Waals surface area contributed by atoms with Gasteiger partial charge >= 0.3 is 0 Å². The van der Waals surface area contributed by atoms with Crippen molar-refractivity contribution in [3.63, 3.8) is 0 Å². The second kappa shape index (κ2) is 13.5. The van der Waals surface area contributed by atoms with E-state index < -0.39 is 6.10 Å². The van der Waals surface area contributed by atoms with Crippen LogP contribution in [0.3, 0.4) is 0 Å². The Morgan fingerprint density at radius 2 is 1.33 bits per heavy atom. The van der Waals surface area contributed by atoms with Crippen molar-refractivity contribution < 1.29 is 14.9 Å². The molecular weight excluding hydrogens is 264 g/mol. The van der Waals surface area contributed by atoms with Gasteiger partial charge in [-0.25, -0.2) is 0 Å². The molecule has 0 aliphatic carbocycles. The largest absolute Gasteiger partial charge is 0.394 e. The SMILES string of the molecule is CC(C)CCCC(C)CCCC(C)CCOCC(O)CO. The van der Waals surface area contributed by atoms with Gasteiger partial charge in [0.2, 0.25) is 0 Å². The Morgan fingerprint density at radius 1 is 0.810 bits per heavy atom. The maximum atomic E-state index is 9.16. The second-order valence-corrected chi connectivity index (χ2v) is 7.17. The molecule has 2 N–H and O–H groups in total. The van der Waals surface area contributed by atoms with Crippen molar-refractivity contribution >= 4 is 0 Å². The summed E-state index contributed by atoms with van der Waals surface area (Å²) in [5.41, 5.74) is 0. The van der Waals surface area contributed by atoms with Gasteiger partial charge in [0.15, 0.2) is 0 Å². The van der Waals surface area contributed by atoms with Gasteiger partial charge in [0.1, 0.15) is 6.10 Å². The van der Waals surface area contributed by atoms with Crippen molar-refractivity contribution in [3.05, 3.63) is 0 Å². The number of hydrogen-bond acceptors (Lipinski definition) is 3.